The third-order valence-corrected chi connectivity index (χ3v) is 7.41. The molecule has 2 N–H and O–H groups in total. The fourth-order valence-corrected chi connectivity index (χ4v) is 5.01. The Morgan fingerprint density at radius 1 is 1.06 bits per heavy atom. The summed E-state index contributed by atoms with van der Waals surface area (Å²) in [5, 5.41) is 2.74. The number of aromatic nitrogens is 2. The van der Waals surface area contributed by atoms with Crippen LogP contribution < -0.4 is 10.7 Å². The van der Waals surface area contributed by atoms with Crippen LogP contribution in [0.3, 0.4) is 0 Å². The number of amides is 2. The molecule has 2 aromatic carbocycles. The van der Waals surface area contributed by atoms with Crippen molar-refractivity contribution in [1.29, 1.82) is 0 Å². The van der Waals surface area contributed by atoms with Gasteiger partial charge in [0, 0.05) is 18.7 Å². The molecule has 0 radical (unpaired) electrons. The molecule has 3 aromatic rings. The van der Waals surface area contributed by atoms with Crippen LogP contribution in [0, 0.1) is 5.92 Å². The van der Waals surface area contributed by atoms with E-state index in [0.29, 0.717) is 13.1 Å². The summed E-state index contributed by atoms with van der Waals surface area (Å²) >= 11 is 0. The van der Waals surface area contributed by atoms with Crippen LogP contribution in [-0.2, 0) is 14.8 Å². The molecule has 1 unspecified atom stereocenters. The van der Waals surface area contributed by atoms with Crippen LogP contribution in [0.1, 0.15) is 38.1 Å². The van der Waals surface area contributed by atoms with Gasteiger partial charge in [0.05, 0.1) is 15.9 Å². The summed E-state index contributed by atoms with van der Waals surface area (Å²) in [6.07, 6.45) is 1.50. The Kier molecular flexibility index (Phi) is 7.50. The molecule has 0 aliphatic heterocycles. The van der Waals surface area contributed by atoms with Gasteiger partial charge in [-0.05, 0) is 36.2 Å². The van der Waals surface area contributed by atoms with E-state index in [9.17, 15) is 18.0 Å². The maximum atomic E-state index is 13.0. The lowest BCUT2D eigenvalue weighted by Gasteiger charge is -2.22. The molecule has 0 saturated carbocycles. The highest BCUT2D eigenvalue weighted by Crippen LogP contribution is 2.18. The molecule has 0 spiro atoms. The Bertz CT molecular complexity index is 1250. The van der Waals surface area contributed by atoms with Crippen molar-refractivity contribution in [2.45, 2.75) is 38.6 Å². The summed E-state index contributed by atoms with van der Waals surface area (Å²) in [5.41, 5.74) is 4.39. The van der Waals surface area contributed by atoms with Crippen LogP contribution in [0.4, 0.5) is 0 Å². The van der Waals surface area contributed by atoms with Crippen molar-refractivity contribution in [3.05, 3.63) is 60.4 Å². The van der Waals surface area contributed by atoms with Gasteiger partial charge in [0.25, 0.3) is 11.8 Å². The number of benzene rings is 2. The van der Waals surface area contributed by atoms with Gasteiger partial charge in [0.1, 0.15) is 12.4 Å². The second-order valence-corrected chi connectivity index (χ2v) is 9.83. The SMILES string of the molecule is CCN(CC)S(=O)(=O)c1cccc(C(=O)NC(C(=O)Nn2cnc3ccccc32)C(C)C)c1. The Hall–Kier alpha value is -3.24. The molecule has 1 heterocycles. The monoisotopic (exact) mass is 471 g/mol. The van der Waals surface area contributed by atoms with Crippen LogP contribution in [0.5, 0.6) is 0 Å². The van der Waals surface area contributed by atoms with Crippen molar-refractivity contribution < 1.29 is 18.0 Å². The summed E-state index contributed by atoms with van der Waals surface area (Å²) in [7, 11) is -3.71. The molecule has 176 valence electrons. The van der Waals surface area contributed by atoms with Gasteiger partial charge < -0.3 is 5.32 Å². The third kappa shape index (κ3) is 5.23. The van der Waals surface area contributed by atoms with E-state index in [0.717, 1.165) is 11.0 Å². The first kappa shape index (κ1) is 24.4. The summed E-state index contributed by atoms with van der Waals surface area (Å²) in [6.45, 7) is 7.80. The number of hydrogen-bond donors (Lipinski definition) is 2. The molecule has 9 nitrogen and oxygen atoms in total. The maximum Gasteiger partial charge on any atom is 0.261 e. The molecule has 1 atom stereocenters. The molecule has 0 bridgehead atoms. The van der Waals surface area contributed by atoms with Crippen molar-refractivity contribution in [3.8, 4) is 0 Å². The number of imidazole rings is 1. The average molecular weight is 472 g/mol. The molecule has 3 rings (SSSR count). The number of rotatable bonds is 9. The Labute approximate surface area is 193 Å². The molecule has 0 aliphatic carbocycles. The molecule has 0 fully saturated rings. The minimum atomic E-state index is -3.71. The lowest BCUT2D eigenvalue weighted by atomic mass is 10.0. The lowest BCUT2D eigenvalue weighted by molar-refractivity contribution is -0.119. The normalized spacial score (nSPS) is 12.8. The number of hydrogen-bond acceptors (Lipinski definition) is 5. The predicted molar refractivity (Wildman–Crippen MR) is 127 cm³/mol. The second-order valence-electron chi connectivity index (χ2n) is 7.89. The van der Waals surface area contributed by atoms with Gasteiger partial charge in [-0.3, -0.25) is 15.0 Å². The minimum absolute atomic E-state index is 0.0364. The first-order valence-corrected chi connectivity index (χ1v) is 12.3. The standard InChI is InChI=1S/C23H29N5O4S/c1-5-27(6-2)33(31,32)18-11-9-10-17(14-18)22(29)25-21(16(3)4)23(30)26-28-15-24-19-12-7-8-13-20(19)28/h7-16,21H,5-6H2,1-4H3,(H,25,29)(H,26,30). The van der Waals surface area contributed by atoms with E-state index in [1.165, 1.54) is 39.6 Å². The maximum absolute atomic E-state index is 13.0. The quantitative estimate of drug-likeness (QED) is 0.498. The van der Waals surface area contributed by atoms with Crippen LogP contribution in [-0.4, -0.2) is 53.3 Å². The highest BCUT2D eigenvalue weighted by Gasteiger charge is 2.27. The van der Waals surface area contributed by atoms with Gasteiger partial charge in [-0.25, -0.2) is 18.1 Å². The number of sulfonamides is 1. The van der Waals surface area contributed by atoms with Crippen molar-refractivity contribution in [1.82, 2.24) is 19.3 Å². The zero-order chi connectivity index (χ0) is 24.2. The van der Waals surface area contributed by atoms with E-state index in [1.807, 2.05) is 38.1 Å². The van der Waals surface area contributed by atoms with Crippen LogP contribution in [0.25, 0.3) is 11.0 Å². The molecule has 2 amide bonds. The van der Waals surface area contributed by atoms with Crippen molar-refractivity contribution >= 4 is 32.9 Å². The van der Waals surface area contributed by atoms with Gasteiger partial charge in [-0.2, -0.15) is 4.31 Å². The Balaban J connectivity index is 1.80. The predicted octanol–water partition coefficient (Wildman–Crippen LogP) is 2.59. The fraction of sp³-hybridized carbons (Fsp3) is 0.348. The average Bonchev–Trinajstić information content (AvgIpc) is 3.20. The van der Waals surface area contributed by atoms with Gasteiger partial charge in [-0.1, -0.05) is 45.9 Å². The number of carbonyl (C=O) groups excluding carboxylic acids is 2. The largest absolute Gasteiger partial charge is 0.340 e. The van der Waals surface area contributed by atoms with Crippen molar-refractivity contribution in [3.63, 3.8) is 0 Å². The third-order valence-electron chi connectivity index (χ3n) is 5.36. The summed E-state index contributed by atoms with van der Waals surface area (Å²) in [4.78, 5) is 30.2. The first-order valence-electron chi connectivity index (χ1n) is 10.8. The second kappa shape index (κ2) is 10.1. The highest BCUT2D eigenvalue weighted by molar-refractivity contribution is 7.89. The zero-order valence-electron chi connectivity index (χ0n) is 19.1. The molecular weight excluding hydrogens is 442 g/mol. The van der Waals surface area contributed by atoms with E-state index in [-0.39, 0.29) is 16.4 Å². The lowest BCUT2D eigenvalue weighted by Crippen LogP contribution is -2.48. The molecule has 0 saturated heterocycles. The van der Waals surface area contributed by atoms with Crippen LogP contribution >= 0.6 is 0 Å². The molecule has 0 aliphatic rings. The Morgan fingerprint density at radius 2 is 1.76 bits per heavy atom. The van der Waals surface area contributed by atoms with Gasteiger partial charge in [0.2, 0.25) is 10.0 Å². The molecule has 33 heavy (non-hydrogen) atoms. The van der Waals surface area contributed by atoms with E-state index in [2.05, 4.69) is 15.7 Å². The van der Waals surface area contributed by atoms with E-state index in [4.69, 9.17) is 0 Å². The van der Waals surface area contributed by atoms with Crippen LogP contribution in [0.2, 0.25) is 0 Å². The summed E-state index contributed by atoms with van der Waals surface area (Å²) < 4.78 is 28.5. The Morgan fingerprint density at radius 3 is 2.42 bits per heavy atom. The molecular formula is C23H29N5O4S. The zero-order valence-corrected chi connectivity index (χ0v) is 20.0. The minimum Gasteiger partial charge on any atom is -0.340 e. The number of para-hydroxylation sites is 2. The highest BCUT2D eigenvalue weighted by atomic mass is 32.2. The summed E-state index contributed by atoms with van der Waals surface area (Å²) in [5.74, 6) is -1.16. The molecule has 10 heteroatoms. The van der Waals surface area contributed by atoms with E-state index in [1.54, 1.807) is 13.8 Å². The van der Waals surface area contributed by atoms with Gasteiger partial charge in [-0.15, -0.1) is 0 Å². The topological polar surface area (TPSA) is 113 Å². The number of nitrogens with one attached hydrogen (secondary N) is 2. The van der Waals surface area contributed by atoms with Gasteiger partial charge in [0.15, 0.2) is 0 Å². The smallest absolute Gasteiger partial charge is 0.261 e. The van der Waals surface area contributed by atoms with Crippen molar-refractivity contribution in [2.24, 2.45) is 5.92 Å². The van der Waals surface area contributed by atoms with Crippen molar-refractivity contribution in [2.75, 3.05) is 18.5 Å². The molecule has 1 aromatic heterocycles. The number of fused-ring (bicyclic) bond motifs is 1. The summed E-state index contributed by atoms with van der Waals surface area (Å²) in [6, 6.07) is 12.3. The fourth-order valence-electron chi connectivity index (χ4n) is 3.51. The van der Waals surface area contributed by atoms with E-state index >= 15 is 0 Å². The van der Waals surface area contributed by atoms with E-state index < -0.39 is 27.9 Å². The van der Waals surface area contributed by atoms with Crippen LogP contribution in [0.15, 0.2) is 59.8 Å². The number of carbonyl (C=O) groups is 2. The first-order chi connectivity index (χ1) is 15.7. The van der Waals surface area contributed by atoms with Gasteiger partial charge >= 0.3 is 0 Å². The number of nitrogens with zero attached hydrogens (tertiary/aromatic N) is 3.